The molecule has 0 spiro atoms. The summed E-state index contributed by atoms with van der Waals surface area (Å²) in [4.78, 5) is 24.4. The number of rotatable bonds is 5. The predicted molar refractivity (Wildman–Crippen MR) is 69.1 cm³/mol. The predicted octanol–water partition coefficient (Wildman–Crippen LogP) is 1.12. The summed E-state index contributed by atoms with van der Waals surface area (Å²) < 4.78 is 4.77. The van der Waals surface area contributed by atoms with Crippen molar-refractivity contribution in [2.75, 3.05) is 20.2 Å². The van der Waals surface area contributed by atoms with Gasteiger partial charge in [0.15, 0.2) is 0 Å². The Kier molecular flexibility index (Phi) is 5.55. The van der Waals surface area contributed by atoms with Gasteiger partial charge in [0, 0.05) is 7.05 Å². The van der Waals surface area contributed by atoms with E-state index in [2.05, 4.69) is 0 Å². The number of hydrogen-bond donors (Lipinski definition) is 0. The summed E-state index contributed by atoms with van der Waals surface area (Å²) in [6.07, 6.45) is 0.196. The fourth-order valence-corrected chi connectivity index (χ4v) is 1.50. The molecular weight excluding hydrogens is 244 g/mol. The molecule has 0 fully saturated rings. The van der Waals surface area contributed by atoms with E-state index < -0.39 is 5.97 Å². The van der Waals surface area contributed by atoms with Crippen molar-refractivity contribution in [3.8, 4) is 6.07 Å². The third-order valence-electron chi connectivity index (χ3n) is 2.54. The number of benzene rings is 1. The van der Waals surface area contributed by atoms with Gasteiger partial charge in [-0.15, -0.1) is 0 Å². The molecule has 5 heteroatoms. The monoisotopic (exact) mass is 260 g/mol. The highest BCUT2D eigenvalue weighted by Gasteiger charge is 2.13. The highest BCUT2D eigenvalue weighted by atomic mass is 16.5. The van der Waals surface area contributed by atoms with Crippen LogP contribution in [0.5, 0.6) is 0 Å². The molecule has 0 radical (unpaired) electrons. The summed E-state index contributed by atoms with van der Waals surface area (Å²) in [6, 6.07) is 8.80. The second kappa shape index (κ2) is 7.17. The first-order valence-corrected chi connectivity index (χ1v) is 5.95. The van der Waals surface area contributed by atoms with Crippen LogP contribution in [-0.2, 0) is 20.7 Å². The fourth-order valence-electron chi connectivity index (χ4n) is 1.50. The van der Waals surface area contributed by atoms with E-state index in [9.17, 15) is 9.59 Å². The molecule has 0 aliphatic heterocycles. The second-order valence-corrected chi connectivity index (χ2v) is 4.04. The molecule has 5 nitrogen and oxygen atoms in total. The molecule has 0 saturated heterocycles. The van der Waals surface area contributed by atoms with Gasteiger partial charge in [-0.3, -0.25) is 9.59 Å². The maximum absolute atomic E-state index is 11.9. The van der Waals surface area contributed by atoms with Gasteiger partial charge in [-0.05, 0) is 24.6 Å². The van der Waals surface area contributed by atoms with Crippen LogP contribution >= 0.6 is 0 Å². The molecule has 0 saturated carbocycles. The van der Waals surface area contributed by atoms with E-state index in [0.29, 0.717) is 12.2 Å². The maximum atomic E-state index is 11.9. The minimum Gasteiger partial charge on any atom is -0.465 e. The lowest BCUT2D eigenvalue weighted by molar-refractivity contribution is -0.147. The second-order valence-electron chi connectivity index (χ2n) is 4.04. The third kappa shape index (κ3) is 4.80. The lowest BCUT2D eigenvalue weighted by atomic mass is 10.1. The van der Waals surface area contributed by atoms with E-state index >= 15 is 0 Å². The van der Waals surface area contributed by atoms with Crippen LogP contribution in [0.4, 0.5) is 0 Å². The van der Waals surface area contributed by atoms with E-state index in [-0.39, 0.29) is 18.9 Å². The van der Waals surface area contributed by atoms with E-state index in [1.54, 1.807) is 38.2 Å². The van der Waals surface area contributed by atoms with Gasteiger partial charge < -0.3 is 9.64 Å². The van der Waals surface area contributed by atoms with E-state index in [4.69, 9.17) is 10.00 Å². The Labute approximate surface area is 112 Å². The van der Waals surface area contributed by atoms with Gasteiger partial charge in [-0.25, -0.2) is 0 Å². The molecule has 0 bridgehead atoms. The van der Waals surface area contributed by atoms with Crippen molar-refractivity contribution in [2.45, 2.75) is 13.3 Å². The molecule has 100 valence electrons. The van der Waals surface area contributed by atoms with Crippen LogP contribution in [0, 0.1) is 11.3 Å². The number of nitrogens with zero attached hydrogens (tertiary/aromatic N) is 2. The Hall–Kier alpha value is -2.35. The highest BCUT2D eigenvalue weighted by Crippen LogP contribution is 2.05. The number of esters is 1. The number of nitriles is 1. The normalized spacial score (nSPS) is 9.53. The first-order chi connectivity index (χ1) is 9.06. The van der Waals surface area contributed by atoms with Crippen molar-refractivity contribution in [3.05, 3.63) is 35.4 Å². The van der Waals surface area contributed by atoms with Gasteiger partial charge >= 0.3 is 5.97 Å². The van der Waals surface area contributed by atoms with Crippen molar-refractivity contribution < 1.29 is 14.3 Å². The van der Waals surface area contributed by atoms with E-state index in [0.717, 1.165) is 5.56 Å². The number of amides is 1. The summed E-state index contributed by atoms with van der Waals surface area (Å²) in [6.45, 7) is 1.97. The Morgan fingerprint density at radius 1 is 1.32 bits per heavy atom. The Bertz CT molecular complexity index is 488. The van der Waals surface area contributed by atoms with Gasteiger partial charge in [0.25, 0.3) is 0 Å². The fraction of sp³-hybridized carbons (Fsp3) is 0.357. The number of carbonyl (C=O) groups excluding carboxylic acids is 2. The largest absolute Gasteiger partial charge is 0.465 e. The summed E-state index contributed by atoms with van der Waals surface area (Å²) >= 11 is 0. The number of ether oxygens (including phenoxy) is 1. The van der Waals surface area contributed by atoms with Crippen molar-refractivity contribution in [2.24, 2.45) is 0 Å². The highest BCUT2D eigenvalue weighted by molar-refractivity contribution is 5.83. The summed E-state index contributed by atoms with van der Waals surface area (Å²) in [5, 5.41) is 8.67. The van der Waals surface area contributed by atoms with Crippen LogP contribution in [0.15, 0.2) is 24.3 Å². The van der Waals surface area contributed by atoms with Crippen molar-refractivity contribution in [3.63, 3.8) is 0 Å². The molecule has 0 aliphatic rings. The summed E-state index contributed by atoms with van der Waals surface area (Å²) in [5.74, 6) is -0.587. The van der Waals surface area contributed by atoms with Gasteiger partial charge in [-0.1, -0.05) is 12.1 Å². The molecule has 0 heterocycles. The van der Waals surface area contributed by atoms with Gasteiger partial charge in [0.2, 0.25) is 5.91 Å². The van der Waals surface area contributed by atoms with Gasteiger partial charge in [-0.2, -0.15) is 5.26 Å². The number of likely N-dealkylation sites (N-methyl/N-ethyl adjacent to an activating group) is 1. The topological polar surface area (TPSA) is 70.4 Å². The molecule has 1 aromatic carbocycles. The summed E-state index contributed by atoms with van der Waals surface area (Å²) in [7, 11) is 1.56. The average Bonchev–Trinajstić information content (AvgIpc) is 2.39. The molecule has 0 N–H and O–H groups in total. The van der Waals surface area contributed by atoms with Crippen molar-refractivity contribution >= 4 is 11.9 Å². The Balaban J connectivity index is 2.53. The zero-order valence-electron chi connectivity index (χ0n) is 11.0. The molecule has 1 rings (SSSR count). The smallest absolute Gasteiger partial charge is 0.325 e. The van der Waals surface area contributed by atoms with Crippen LogP contribution in [-0.4, -0.2) is 37.0 Å². The summed E-state index contributed by atoms with van der Waals surface area (Å²) in [5.41, 5.74) is 1.36. The quantitative estimate of drug-likeness (QED) is 0.744. The van der Waals surface area contributed by atoms with Gasteiger partial charge in [0.05, 0.1) is 24.7 Å². The van der Waals surface area contributed by atoms with Crippen LogP contribution in [0.3, 0.4) is 0 Å². The molecule has 1 amide bonds. The molecule has 0 unspecified atom stereocenters. The molecule has 1 aromatic rings. The zero-order chi connectivity index (χ0) is 14.3. The van der Waals surface area contributed by atoms with Crippen molar-refractivity contribution in [1.82, 2.24) is 4.90 Å². The molecule has 19 heavy (non-hydrogen) atoms. The minimum atomic E-state index is -0.418. The van der Waals surface area contributed by atoms with Crippen LogP contribution < -0.4 is 0 Å². The number of hydrogen-bond acceptors (Lipinski definition) is 4. The van der Waals surface area contributed by atoms with Crippen LogP contribution in [0.1, 0.15) is 18.1 Å². The SMILES string of the molecule is CCOC(=O)CN(C)C(=O)Cc1ccc(C#N)cc1. The zero-order valence-corrected chi connectivity index (χ0v) is 11.0. The third-order valence-corrected chi connectivity index (χ3v) is 2.54. The standard InChI is InChI=1S/C14H16N2O3/c1-3-19-14(18)10-16(2)13(17)8-11-4-6-12(9-15)7-5-11/h4-7H,3,8,10H2,1-2H3. The molecule has 0 aliphatic carbocycles. The molecule has 0 atom stereocenters. The lowest BCUT2D eigenvalue weighted by Gasteiger charge is -2.16. The van der Waals surface area contributed by atoms with Crippen LogP contribution in [0.2, 0.25) is 0 Å². The number of carbonyl (C=O) groups is 2. The minimum absolute atomic E-state index is 0.0526. The van der Waals surface area contributed by atoms with Crippen molar-refractivity contribution in [1.29, 1.82) is 5.26 Å². The molecular formula is C14H16N2O3. The van der Waals surface area contributed by atoms with Gasteiger partial charge in [0.1, 0.15) is 6.54 Å². The van der Waals surface area contributed by atoms with E-state index in [1.807, 2.05) is 6.07 Å². The van der Waals surface area contributed by atoms with Crippen LogP contribution in [0.25, 0.3) is 0 Å². The lowest BCUT2D eigenvalue weighted by Crippen LogP contribution is -2.34. The Morgan fingerprint density at radius 2 is 1.95 bits per heavy atom. The Morgan fingerprint density at radius 3 is 2.47 bits per heavy atom. The average molecular weight is 260 g/mol. The first-order valence-electron chi connectivity index (χ1n) is 5.95. The molecule has 0 aromatic heterocycles. The first kappa shape index (κ1) is 14.7. The maximum Gasteiger partial charge on any atom is 0.325 e. The van der Waals surface area contributed by atoms with E-state index in [1.165, 1.54) is 4.90 Å².